The summed E-state index contributed by atoms with van der Waals surface area (Å²) in [5, 5.41) is 21.1. The summed E-state index contributed by atoms with van der Waals surface area (Å²) >= 11 is 0. The highest BCUT2D eigenvalue weighted by Crippen LogP contribution is 2.19. The smallest absolute Gasteiger partial charge is 0.342 e. The molecule has 0 aliphatic carbocycles. The number of aryl methyl sites for hydroxylation is 1. The van der Waals surface area contributed by atoms with Crippen molar-refractivity contribution in [2.24, 2.45) is 0 Å². The Balaban J connectivity index is 0.00000200. The molecule has 1 atom stereocenters. The predicted molar refractivity (Wildman–Crippen MR) is 69.6 cm³/mol. The number of hydrogen-bond acceptors (Lipinski definition) is 4. The number of halogens is 1. The number of aliphatic hydroxyl groups is 1. The van der Waals surface area contributed by atoms with Crippen LogP contribution in [0.3, 0.4) is 0 Å². The molecule has 114 valence electrons. The molecule has 0 spiro atoms. The first kappa shape index (κ1) is 17.3. The van der Waals surface area contributed by atoms with Crippen molar-refractivity contribution in [3.8, 4) is 0 Å². The molecule has 0 bridgehead atoms. The lowest BCUT2D eigenvalue weighted by Crippen LogP contribution is -3.00. The summed E-state index contributed by atoms with van der Waals surface area (Å²) in [5.74, 6) is 0.510. The van der Waals surface area contributed by atoms with Crippen molar-refractivity contribution in [3.05, 3.63) is 22.1 Å². The van der Waals surface area contributed by atoms with Crippen LogP contribution < -0.4 is 24.0 Å². The van der Waals surface area contributed by atoms with Gasteiger partial charge >= 0.3 is 5.82 Å². The van der Waals surface area contributed by atoms with Crippen LogP contribution in [0.15, 0.2) is 6.20 Å². The largest absolute Gasteiger partial charge is 1.00 e. The van der Waals surface area contributed by atoms with E-state index in [1.54, 1.807) is 6.92 Å². The van der Waals surface area contributed by atoms with Crippen LogP contribution in [0.4, 0.5) is 5.82 Å². The van der Waals surface area contributed by atoms with E-state index in [1.807, 2.05) is 0 Å². The summed E-state index contributed by atoms with van der Waals surface area (Å²) in [6, 6.07) is 0. The van der Waals surface area contributed by atoms with Crippen molar-refractivity contribution in [2.75, 3.05) is 26.7 Å². The van der Waals surface area contributed by atoms with Gasteiger partial charge in [0.1, 0.15) is 25.4 Å². The zero-order valence-electron chi connectivity index (χ0n) is 11.8. The van der Waals surface area contributed by atoms with Gasteiger partial charge in [0.15, 0.2) is 5.82 Å². The highest BCUT2D eigenvalue weighted by Gasteiger charge is 2.31. The van der Waals surface area contributed by atoms with Crippen molar-refractivity contribution in [1.29, 1.82) is 0 Å². The predicted octanol–water partition coefficient (Wildman–Crippen LogP) is -2.29. The summed E-state index contributed by atoms with van der Waals surface area (Å²) in [7, 11) is 2.13. The van der Waals surface area contributed by atoms with Crippen molar-refractivity contribution in [3.63, 3.8) is 0 Å². The summed E-state index contributed by atoms with van der Waals surface area (Å²) in [5.41, 5.74) is 0. The number of hydrogen-bond donors (Lipinski definition) is 1. The maximum atomic E-state index is 10.9. The van der Waals surface area contributed by atoms with E-state index in [1.165, 1.54) is 23.6 Å². The summed E-state index contributed by atoms with van der Waals surface area (Å²) in [6.45, 7) is 4.72. The molecule has 7 nitrogen and oxygen atoms in total. The molecule has 1 aliphatic rings. The third kappa shape index (κ3) is 3.89. The first-order valence-electron chi connectivity index (χ1n) is 6.59. The van der Waals surface area contributed by atoms with Gasteiger partial charge in [0.2, 0.25) is 0 Å². The van der Waals surface area contributed by atoms with Gasteiger partial charge in [-0.25, -0.2) is 9.55 Å². The van der Waals surface area contributed by atoms with Gasteiger partial charge in [-0.3, -0.25) is 0 Å². The van der Waals surface area contributed by atoms with Crippen LogP contribution in [0.5, 0.6) is 0 Å². The average molecular weight is 396 g/mol. The zero-order chi connectivity index (χ0) is 14.0. The third-order valence-electron chi connectivity index (χ3n) is 3.91. The SMILES string of the molecule is Cc1ncc([N+](=O)[O-])n1CC(O)C[N+]1(C)CCCC1.[I-]. The summed E-state index contributed by atoms with van der Waals surface area (Å²) < 4.78 is 2.33. The van der Waals surface area contributed by atoms with E-state index in [0.717, 1.165) is 17.6 Å². The molecule has 0 aromatic carbocycles. The molecule has 1 unspecified atom stereocenters. The summed E-state index contributed by atoms with van der Waals surface area (Å²) in [6.07, 6.45) is 3.03. The van der Waals surface area contributed by atoms with Crippen molar-refractivity contribution in [2.45, 2.75) is 32.4 Å². The molecule has 2 heterocycles. The molecular weight excluding hydrogens is 375 g/mol. The second-order valence-corrected chi connectivity index (χ2v) is 5.64. The number of nitro groups is 1. The highest BCUT2D eigenvalue weighted by molar-refractivity contribution is 5.18. The van der Waals surface area contributed by atoms with Crippen molar-refractivity contribution in [1.82, 2.24) is 9.55 Å². The fourth-order valence-electron chi connectivity index (χ4n) is 2.89. The Labute approximate surface area is 135 Å². The van der Waals surface area contributed by atoms with E-state index in [-0.39, 0.29) is 36.3 Å². The van der Waals surface area contributed by atoms with Crippen LogP contribution in [-0.2, 0) is 6.54 Å². The van der Waals surface area contributed by atoms with E-state index in [9.17, 15) is 15.2 Å². The van der Waals surface area contributed by atoms with Gasteiger partial charge < -0.3 is 43.7 Å². The van der Waals surface area contributed by atoms with E-state index < -0.39 is 11.0 Å². The second-order valence-electron chi connectivity index (χ2n) is 5.64. The maximum absolute atomic E-state index is 10.9. The molecule has 0 amide bonds. The molecule has 1 aromatic rings. The van der Waals surface area contributed by atoms with Crippen molar-refractivity contribution >= 4 is 5.82 Å². The van der Waals surface area contributed by atoms with Crippen LogP contribution >= 0.6 is 0 Å². The molecule has 2 rings (SSSR count). The Bertz CT molecular complexity index is 471. The Morgan fingerprint density at radius 2 is 2.15 bits per heavy atom. The monoisotopic (exact) mass is 396 g/mol. The Morgan fingerprint density at radius 3 is 2.70 bits per heavy atom. The van der Waals surface area contributed by atoms with Gasteiger partial charge in [0, 0.05) is 19.8 Å². The maximum Gasteiger partial charge on any atom is 0.342 e. The number of likely N-dealkylation sites (tertiary alicyclic amines) is 1. The molecule has 1 N–H and O–H groups in total. The number of quaternary nitrogens is 1. The molecular formula is C12H21IN4O3. The molecule has 1 fully saturated rings. The minimum absolute atomic E-state index is 0. The van der Waals surface area contributed by atoms with E-state index in [4.69, 9.17) is 0 Å². The van der Waals surface area contributed by atoms with Gasteiger partial charge in [-0.2, -0.15) is 0 Å². The van der Waals surface area contributed by atoms with Crippen LogP contribution in [-0.4, -0.2) is 56.8 Å². The van der Waals surface area contributed by atoms with E-state index in [2.05, 4.69) is 12.0 Å². The lowest BCUT2D eigenvalue weighted by Gasteiger charge is -2.30. The first-order valence-corrected chi connectivity index (χ1v) is 6.59. The molecule has 0 radical (unpaired) electrons. The molecule has 1 saturated heterocycles. The number of likely N-dealkylation sites (N-methyl/N-ethyl adjacent to an activating group) is 1. The fourth-order valence-corrected chi connectivity index (χ4v) is 2.89. The number of aromatic nitrogens is 2. The number of aliphatic hydroxyl groups excluding tert-OH is 1. The quantitative estimate of drug-likeness (QED) is 0.263. The minimum atomic E-state index is -0.588. The molecule has 0 saturated carbocycles. The third-order valence-corrected chi connectivity index (χ3v) is 3.91. The number of rotatable bonds is 5. The summed E-state index contributed by atoms with van der Waals surface area (Å²) in [4.78, 5) is 14.4. The topological polar surface area (TPSA) is 81.2 Å². The van der Waals surface area contributed by atoms with Gasteiger partial charge in [-0.1, -0.05) is 0 Å². The average Bonchev–Trinajstić information content (AvgIpc) is 2.87. The second kappa shape index (κ2) is 6.81. The first-order chi connectivity index (χ1) is 8.91. The minimum Gasteiger partial charge on any atom is -1.00 e. The van der Waals surface area contributed by atoms with E-state index in [0.29, 0.717) is 12.4 Å². The molecule has 1 aromatic heterocycles. The van der Waals surface area contributed by atoms with Gasteiger partial charge in [-0.05, 0) is 4.92 Å². The van der Waals surface area contributed by atoms with Crippen LogP contribution in [0.25, 0.3) is 0 Å². The van der Waals surface area contributed by atoms with Crippen molar-refractivity contribution < 1.29 is 38.5 Å². The van der Waals surface area contributed by atoms with Gasteiger partial charge in [-0.15, -0.1) is 0 Å². The van der Waals surface area contributed by atoms with Crippen LogP contribution in [0.2, 0.25) is 0 Å². The van der Waals surface area contributed by atoms with Crippen LogP contribution in [0.1, 0.15) is 18.7 Å². The van der Waals surface area contributed by atoms with Gasteiger partial charge in [0.05, 0.1) is 20.1 Å². The highest BCUT2D eigenvalue weighted by atomic mass is 127. The Kier molecular flexibility index (Phi) is 5.90. The standard InChI is InChI=1S/C12H21N4O3.HI/c1-10-13-7-12(15(18)19)14(10)8-11(17)9-16(2)5-3-4-6-16;/h7,11,17H,3-6,8-9H2,1-2H3;1H/q+1;/p-1. The lowest BCUT2D eigenvalue weighted by atomic mass is 10.3. The zero-order valence-corrected chi connectivity index (χ0v) is 14.0. The molecule has 1 aliphatic heterocycles. The fraction of sp³-hybridized carbons (Fsp3) is 0.750. The van der Waals surface area contributed by atoms with Crippen LogP contribution in [0, 0.1) is 17.0 Å². The molecule has 20 heavy (non-hydrogen) atoms. The molecule has 8 heteroatoms. The number of imidazole rings is 1. The van der Waals surface area contributed by atoms with Gasteiger partial charge in [0.25, 0.3) is 0 Å². The number of nitrogens with zero attached hydrogens (tertiary/aromatic N) is 4. The Morgan fingerprint density at radius 1 is 1.55 bits per heavy atom. The van der Waals surface area contributed by atoms with E-state index >= 15 is 0 Å². The lowest BCUT2D eigenvalue weighted by molar-refractivity contribution is -0.900. The normalized spacial score (nSPS) is 18.6. The Hall–Kier alpha value is -0.740.